The van der Waals surface area contributed by atoms with Crippen LogP contribution in [0.1, 0.15) is 0 Å². The average Bonchev–Trinajstić information content (AvgIpc) is 0.918. The molecule has 0 radical (unpaired) electrons. The third-order valence-corrected chi connectivity index (χ3v) is 0. The molecular formula is HClO2Ru. The quantitative estimate of drug-likeness (QED) is 0.485. The summed E-state index contributed by atoms with van der Waals surface area (Å²) in [6.07, 6.45) is 0. The van der Waals surface area contributed by atoms with E-state index in [4.69, 9.17) is 7.15 Å². The number of halogens is 1. The van der Waals surface area contributed by atoms with Crippen molar-refractivity contribution in [3.8, 4) is 0 Å². The molecule has 0 saturated heterocycles. The van der Waals surface area contributed by atoms with Crippen molar-refractivity contribution in [1.29, 1.82) is 0 Å². The van der Waals surface area contributed by atoms with Crippen LogP contribution < -0.4 is 0 Å². The zero-order chi connectivity index (χ0) is 2.71. The van der Waals surface area contributed by atoms with Gasteiger partial charge in [-0.1, -0.05) is 0 Å². The molecule has 0 aliphatic carbocycles. The molecule has 0 heterocycles. The summed E-state index contributed by atoms with van der Waals surface area (Å²) in [5, 5.41) is 0. The van der Waals surface area contributed by atoms with Gasteiger partial charge in [0.15, 0.2) is 0 Å². The molecular weight excluding hydrogens is 169 g/mol. The van der Waals surface area contributed by atoms with Gasteiger partial charge in [0.2, 0.25) is 0 Å². The maximum atomic E-state index is 8.46. The minimum atomic E-state index is -1.79. The number of hydrogen-bond donors (Lipinski definition) is 0. The predicted octanol–water partition coefficient (Wildman–Crippen LogP) is 0.182. The van der Waals surface area contributed by atoms with E-state index in [2.05, 4.69) is 0 Å². The molecule has 0 atom stereocenters. The summed E-state index contributed by atoms with van der Waals surface area (Å²) in [5.74, 6) is 0. The van der Waals surface area contributed by atoms with Crippen molar-refractivity contribution in [1.82, 2.24) is 0 Å². The Labute approximate surface area is 37.1 Å². The van der Waals surface area contributed by atoms with Crippen LogP contribution >= 0.6 is 12.4 Å². The molecule has 2 nitrogen and oxygen atoms in total. The molecule has 4 heavy (non-hydrogen) atoms. The second-order valence-corrected chi connectivity index (χ2v) is 0.349. The molecule has 0 aromatic carbocycles. The monoisotopic (exact) mass is 170 g/mol. The molecule has 0 saturated carbocycles. The molecule has 0 bridgehead atoms. The molecule has 0 aromatic heterocycles. The first-order valence-electron chi connectivity index (χ1n) is 0.289. The van der Waals surface area contributed by atoms with E-state index in [0.29, 0.717) is 0 Å². The topological polar surface area (TPSA) is 34.1 Å². The van der Waals surface area contributed by atoms with Crippen molar-refractivity contribution in [2.75, 3.05) is 0 Å². The van der Waals surface area contributed by atoms with Crippen molar-refractivity contribution in [2.45, 2.75) is 0 Å². The van der Waals surface area contributed by atoms with Crippen LogP contribution in [0.3, 0.4) is 0 Å². The fraction of sp³-hybridized carbons (Fsp3) is 0. The standard InChI is InChI=1S/ClH.2O.Ru/h1H;;;. The molecule has 4 heteroatoms. The molecule has 0 aliphatic heterocycles. The van der Waals surface area contributed by atoms with Gasteiger partial charge in [-0.25, -0.2) is 0 Å². The van der Waals surface area contributed by atoms with Crippen LogP contribution in [0.15, 0.2) is 0 Å². The Morgan fingerprint density at radius 3 is 1.25 bits per heavy atom. The van der Waals surface area contributed by atoms with Crippen LogP contribution in [-0.2, 0) is 24.2 Å². The summed E-state index contributed by atoms with van der Waals surface area (Å²) in [4.78, 5) is 0. The molecule has 0 aliphatic rings. The van der Waals surface area contributed by atoms with Crippen LogP contribution in [0, 0.1) is 0 Å². The van der Waals surface area contributed by atoms with Gasteiger partial charge in [0, 0.05) is 0 Å². The second kappa shape index (κ2) is 9.69. The van der Waals surface area contributed by atoms with Gasteiger partial charge in [-0.15, -0.1) is 12.4 Å². The fourth-order valence-corrected chi connectivity index (χ4v) is 0. The van der Waals surface area contributed by atoms with Gasteiger partial charge in [0.25, 0.3) is 0 Å². The van der Waals surface area contributed by atoms with Crippen LogP contribution in [0.25, 0.3) is 0 Å². The van der Waals surface area contributed by atoms with Crippen LogP contribution in [0.5, 0.6) is 0 Å². The maximum absolute atomic E-state index is 8.46. The average molecular weight is 170 g/mol. The first-order valence-corrected chi connectivity index (χ1v) is 1.71. The van der Waals surface area contributed by atoms with Crippen molar-refractivity contribution in [3.63, 3.8) is 0 Å². The van der Waals surface area contributed by atoms with E-state index < -0.39 is 17.0 Å². The van der Waals surface area contributed by atoms with Crippen LogP contribution in [0.4, 0.5) is 0 Å². The minimum absolute atomic E-state index is 0. The van der Waals surface area contributed by atoms with Crippen molar-refractivity contribution in [3.05, 3.63) is 0 Å². The van der Waals surface area contributed by atoms with E-state index in [-0.39, 0.29) is 12.4 Å². The summed E-state index contributed by atoms with van der Waals surface area (Å²) in [7, 11) is 0. The Bertz CT molecular complexity index is 27.0. The second-order valence-electron chi connectivity index (χ2n) is 0.0589. The Hall–Kier alpha value is 0.513. The molecule has 0 aromatic rings. The van der Waals surface area contributed by atoms with Gasteiger partial charge >= 0.3 is 24.2 Å². The molecule has 28 valence electrons. The number of hydrogen-bond acceptors (Lipinski definition) is 2. The van der Waals surface area contributed by atoms with Crippen molar-refractivity contribution >= 4 is 12.4 Å². The van der Waals surface area contributed by atoms with Crippen molar-refractivity contribution < 1.29 is 24.2 Å². The predicted molar refractivity (Wildman–Crippen MR) is 8.62 cm³/mol. The summed E-state index contributed by atoms with van der Waals surface area (Å²) in [5.41, 5.74) is 0. The summed E-state index contributed by atoms with van der Waals surface area (Å²) < 4.78 is 16.9. The Kier molecular flexibility index (Phi) is 21.4. The van der Waals surface area contributed by atoms with Gasteiger partial charge in [0.1, 0.15) is 0 Å². The van der Waals surface area contributed by atoms with Crippen LogP contribution in [0.2, 0.25) is 0 Å². The summed E-state index contributed by atoms with van der Waals surface area (Å²) in [6, 6.07) is 0. The van der Waals surface area contributed by atoms with E-state index >= 15 is 0 Å². The van der Waals surface area contributed by atoms with Gasteiger partial charge in [-0.05, 0) is 0 Å². The van der Waals surface area contributed by atoms with E-state index in [9.17, 15) is 0 Å². The normalized spacial score (nSPS) is 4.00. The molecule has 0 amide bonds. The van der Waals surface area contributed by atoms with E-state index in [1.165, 1.54) is 0 Å². The Morgan fingerprint density at radius 1 is 1.25 bits per heavy atom. The first-order chi connectivity index (χ1) is 1.41. The zero-order valence-corrected chi connectivity index (χ0v) is 4.13. The summed E-state index contributed by atoms with van der Waals surface area (Å²) in [6.45, 7) is 0. The first kappa shape index (κ1) is 8.82. The van der Waals surface area contributed by atoms with Crippen LogP contribution in [-0.4, -0.2) is 0 Å². The number of rotatable bonds is 0. The van der Waals surface area contributed by atoms with E-state index in [1.54, 1.807) is 0 Å². The van der Waals surface area contributed by atoms with Gasteiger partial charge in [0.05, 0.1) is 0 Å². The fourth-order valence-electron chi connectivity index (χ4n) is 0. The molecule has 0 rings (SSSR count). The van der Waals surface area contributed by atoms with E-state index in [1.807, 2.05) is 0 Å². The van der Waals surface area contributed by atoms with Gasteiger partial charge < -0.3 is 0 Å². The Balaban J connectivity index is 0. The van der Waals surface area contributed by atoms with Gasteiger partial charge in [-0.2, -0.15) is 0 Å². The molecule has 0 fully saturated rings. The molecule has 0 spiro atoms. The van der Waals surface area contributed by atoms with E-state index in [0.717, 1.165) is 0 Å². The molecule has 0 unspecified atom stereocenters. The van der Waals surface area contributed by atoms with Gasteiger partial charge in [-0.3, -0.25) is 0 Å². The SMILES string of the molecule is Cl.[O]=[Ru]=[O]. The van der Waals surface area contributed by atoms with Crippen molar-refractivity contribution in [2.24, 2.45) is 0 Å². The third kappa shape index (κ3) is 21.8. The third-order valence-electron chi connectivity index (χ3n) is 0. The zero-order valence-electron chi connectivity index (χ0n) is 1.58. The summed E-state index contributed by atoms with van der Waals surface area (Å²) >= 11 is -1.79. The Morgan fingerprint density at radius 2 is 1.25 bits per heavy atom. The molecule has 0 N–H and O–H groups in total.